The molecule has 0 saturated heterocycles. The van der Waals surface area contributed by atoms with Crippen LogP contribution in [0.3, 0.4) is 0 Å². The van der Waals surface area contributed by atoms with Crippen molar-refractivity contribution in [1.29, 1.82) is 0 Å². The second kappa shape index (κ2) is 7.27. The van der Waals surface area contributed by atoms with Gasteiger partial charge in [-0.3, -0.25) is 14.4 Å². The lowest BCUT2D eigenvalue weighted by Gasteiger charge is -2.16. The largest absolute Gasteiger partial charge is 0.298 e. The molecule has 0 spiro atoms. The van der Waals surface area contributed by atoms with E-state index in [0.29, 0.717) is 29.3 Å². The molecule has 0 radical (unpaired) electrons. The minimum absolute atomic E-state index is 0.257. The van der Waals surface area contributed by atoms with Gasteiger partial charge in [0.25, 0.3) is 5.91 Å². The summed E-state index contributed by atoms with van der Waals surface area (Å²) in [6, 6.07) is 11.3. The number of aryl methyl sites for hydroxylation is 2. The van der Waals surface area contributed by atoms with Gasteiger partial charge in [-0.2, -0.15) is 0 Å². The van der Waals surface area contributed by atoms with Crippen LogP contribution in [0.1, 0.15) is 27.0 Å². The van der Waals surface area contributed by atoms with Crippen molar-refractivity contribution in [3.8, 4) is 11.3 Å². The Balaban J connectivity index is 1.54. The van der Waals surface area contributed by atoms with E-state index in [9.17, 15) is 13.2 Å². The molecule has 6 nitrogen and oxygen atoms in total. The Bertz CT molecular complexity index is 1220. The summed E-state index contributed by atoms with van der Waals surface area (Å²) in [5, 5.41) is 5.32. The molecule has 29 heavy (non-hydrogen) atoms. The highest BCUT2D eigenvalue weighted by atomic mass is 32.2. The lowest BCUT2D eigenvalue weighted by Crippen LogP contribution is -2.27. The van der Waals surface area contributed by atoms with E-state index in [2.05, 4.69) is 28.5 Å². The third-order valence-electron chi connectivity index (χ3n) is 4.99. The highest BCUT2D eigenvalue weighted by molar-refractivity contribution is 7.92. The van der Waals surface area contributed by atoms with Gasteiger partial charge in [-0.05, 0) is 55.7 Å². The predicted molar refractivity (Wildman–Crippen MR) is 117 cm³/mol. The zero-order valence-electron chi connectivity index (χ0n) is 16.4. The first-order valence-electron chi connectivity index (χ1n) is 9.17. The van der Waals surface area contributed by atoms with Crippen LogP contribution in [0.2, 0.25) is 0 Å². The van der Waals surface area contributed by atoms with Gasteiger partial charge >= 0.3 is 0 Å². The summed E-state index contributed by atoms with van der Waals surface area (Å²) in [7, 11) is -3.30. The fraction of sp³-hybridized carbons (Fsp3) is 0.238. The van der Waals surface area contributed by atoms with Crippen molar-refractivity contribution < 1.29 is 13.2 Å². The minimum atomic E-state index is -3.30. The van der Waals surface area contributed by atoms with E-state index in [1.165, 1.54) is 21.9 Å². The molecule has 0 unspecified atom stereocenters. The van der Waals surface area contributed by atoms with E-state index in [-0.39, 0.29) is 5.91 Å². The van der Waals surface area contributed by atoms with E-state index < -0.39 is 10.0 Å². The van der Waals surface area contributed by atoms with Crippen molar-refractivity contribution in [2.24, 2.45) is 0 Å². The summed E-state index contributed by atoms with van der Waals surface area (Å²) in [6.45, 7) is 4.48. The van der Waals surface area contributed by atoms with E-state index >= 15 is 0 Å². The van der Waals surface area contributed by atoms with E-state index in [1.54, 1.807) is 18.2 Å². The molecule has 8 heteroatoms. The molecule has 1 aliphatic heterocycles. The number of thiazole rings is 1. The number of carbonyl (C=O) groups is 1. The number of rotatable bonds is 4. The zero-order valence-corrected chi connectivity index (χ0v) is 18.0. The van der Waals surface area contributed by atoms with Gasteiger partial charge < -0.3 is 0 Å². The Morgan fingerprint density at radius 2 is 1.97 bits per heavy atom. The van der Waals surface area contributed by atoms with Crippen LogP contribution in [0.25, 0.3) is 11.3 Å². The lowest BCUT2D eigenvalue weighted by atomic mass is 10.0. The highest BCUT2D eigenvalue weighted by Gasteiger charge is 2.26. The molecule has 0 saturated carbocycles. The molecule has 1 amide bonds. The molecule has 0 atom stereocenters. The van der Waals surface area contributed by atoms with Crippen molar-refractivity contribution in [3.05, 3.63) is 64.0 Å². The lowest BCUT2D eigenvalue weighted by molar-refractivity contribution is 0.102. The number of anilines is 2. The fourth-order valence-electron chi connectivity index (χ4n) is 3.49. The molecule has 0 aliphatic carbocycles. The van der Waals surface area contributed by atoms with Crippen molar-refractivity contribution >= 4 is 38.1 Å². The first-order valence-corrected chi connectivity index (χ1v) is 11.9. The quantitative estimate of drug-likeness (QED) is 0.683. The van der Waals surface area contributed by atoms with E-state index in [1.807, 2.05) is 19.2 Å². The summed E-state index contributed by atoms with van der Waals surface area (Å²) in [5.41, 5.74) is 6.18. The van der Waals surface area contributed by atoms with Crippen LogP contribution in [0.4, 0.5) is 10.8 Å². The SMILES string of the molecule is Cc1ccc(C)c(-c2csc(NC(=O)c3ccc4c(c3)CCN4S(C)(=O)=O)n2)c1. The Hall–Kier alpha value is -2.71. The average Bonchev–Trinajstić information content (AvgIpc) is 3.29. The molecular formula is C21H21N3O3S2. The van der Waals surface area contributed by atoms with Gasteiger partial charge in [0.2, 0.25) is 10.0 Å². The molecule has 2 heterocycles. The van der Waals surface area contributed by atoms with Crippen molar-refractivity contribution in [3.63, 3.8) is 0 Å². The number of benzene rings is 2. The van der Waals surface area contributed by atoms with Crippen LogP contribution >= 0.6 is 11.3 Å². The average molecular weight is 428 g/mol. The maximum Gasteiger partial charge on any atom is 0.257 e. The fourth-order valence-corrected chi connectivity index (χ4v) is 5.16. The van der Waals surface area contributed by atoms with Crippen molar-refractivity contribution in [2.45, 2.75) is 20.3 Å². The maximum absolute atomic E-state index is 12.7. The molecule has 150 valence electrons. The van der Waals surface area contributed by atoms with Crippen LogP contribution in [0, 0.1) is 13.8 Å². The molecule has 1 N–H and O–H groups in total. The summed E-state index contributed by atoms with van der Waals surface area (Å²) in [6.07, 6.45) is 1.79. The molecule has 1 aromatic heterocycles. The van der Waals surface area contributed by atoms with Gasteiger partial charge in [-0.25, -0.2) is 13.4 Å². The van der Waals surface area contributed by atoms with Crippen molar-refractivity contribution in [1.82, 2.24) is 4.98 Å². The summed E-state index contributed by atoms with van der Waals surface area (Å²) in [5.74, 6) is -0.257. The van der Waals surface area contributed by atoms with Crippen LogP contribution in [0.15, 0.2) is 41.8 Å². The van der Waals surface area contributed by atoms with E-state index in [4.69, 9.17) is 0 Å². The van der Waals surface area contributed by atoms with Crippen LogP contribution in [0.5, 0.6) is 0 Å². The molecule has 0 bridgehead atoms. The molecule has 2 aromatic carbocycles. The second-order valence-electron chi connectivity index (χ2n) is 7.24. The summed E-state index contributed by atoms with van der Waals surface area (Å²) in [4.78, 5) is 17.2. The number of fused-ring (bicyclic) bond motifs is 1. The number of hydrogen-bond acceptors (Lipinski definition) is 5. The summed E-state index contributed by atoms with van der Waals surface area (Å²) < 4.78 is 25.1. The number of carbonyl (C=O) groups excluding carboxylic acids is 1. The van der Waals surface area contributed by atoms with Crippen molar-refractivity contribution in [2.75, 3.05) is 22.4 Å². The van der Waals surface area contributed by atoms with Gasteiger partial charge in [0, 0.05) is 23.1 Å². The van der Waals surface area contributed by atoms with Crippen LogP contribution < -0.4 is 9.62 Å². The number of hydrogen-bond donors (Lipinski definition) is 1. The second-order valence-corrected chi connectivity index (χ2v) is 10.0. The monoisotopic (exact) mass is 427 g/mol. The number of sulfonamides is 1. The van der Waals surface area contributed by atoms with Crippen LogP contribution in [-0.4, -0.2) is 32.1 Å². The Morgan fingerprint density at radius 1 is 1.17 bits per heavy atom. The van der Waals surface area contributed by atoms with Gasteiger partial charge in [-0.15, -0.1) is 11.3 Å². The highest BCUT2D eigenvalue weighted by Crippen LogP contribution is 2.32. The van der Waals surface area contributed by atoms with Gasteiger partial charge in [-0.1, -0.05) is 17.7 Å². The first kappa shape index (κ1) is 19.6. The number of nitrogens with one attached hydrogen (secondary N) is 1. The third kappa shape index (κ3) is 3.90. The molecule has 0 fully saturated rings. The smallest absolute Gasteiger partial charge is 0.257 e. The number of aromatic nitrogens is 1. The predicted octanol–water partition coefficient (Wildman–Crippen LogP) is 4.00. The standard InChI is InChI=1S/C21H21N3O3S2/c1-13-4-5-14(2)17(10-13)18-12-28-21(22-18)23-20(25)16-6-7-19-15(11-16)8-9-24(19)29(3,26)27/h4-7,10-12H,8-9H2,1-3H3,(H,22,23,25). The summed E-state index contributed by atoms with van der Waals surface area (Å²) >= 11 is 1.38. The maximum atomic E-state index is 12.7. The van der Waals surface area contributed by atoms with Crippen LogP contribution in [-0.2, 0) is 16.4 Å². The number of amides is 1. The normalized spacial score (nSPS) is 13.4. The first-order chi connectivity index (χ1) is 13.7. The molecular weight excluding hydrogens is 406 g/mol. The van der Waals surface area contributed by atoms with Gasteiger partial charge in [0.15, 0.2) is 5.13 Å². The Labute approximate surface area is 174 Å². The number of nitrogens with zero attached hydrogens (tertiary/aromatic N) is 2. The van der Waals surface area contributed by atoms with Gasteiger partial charge in [0.05, 0.1) is 17.6 Å². The topological polar surface area (TPSA) is 79.4 Å². The Morgan fingerprint density at radius 3 is 2.72 bits per heavy atom. The third-order valence-corrected chi connectivity index (χ3v) is 6.93. The minimum Gasteiger partial charge on any atom is -0.298 e. The Kier molecular flexibility index (Phi) is 4.92. The molecule has 3 aromatic rings. The molecule has 4 rings (SSSR count). The zero-order chi connectivity index (χ0) is 20.8. The van der Waals surface area contributed by atoms with Gasteiger partial charge in [0.1, 0.15) is 0 Å². The molecule has 1 aliphatic rings. The van der Waals surface area contributed by atoms with E-state index in [0.717, 1.165) is 27.9 Å².